The van der Waals surface area contributed by atoms with Crippen molar-refractivity contribution in [3.8, 4) is 0 Å². The maximum absolute atomic E-state index is 11.7. The fourth-order valence-corrected chi connectivity index (χ4v) is 1.81. The molecule has 0 atom stereocenters. The predicted molar refractivity (Wildman–Crippen MR) is 86.6 cm³/mol. The van der Waals surface area contributed by atoms with Crippen molar-refractivity contribution in [2.24, 2.45) is 0 Å². The summed E-state index contributed by atoms with van der Waals surface area (Å²) in [6, 6.07) is 11.4. The number of aromatic nitrogens is 2. The van der Waals surface area contributed by atoms with Crippen LogP contribution in [0.15, 0.2) is 48.7 Å². The minimum atomic E-state index is -0.283. The maximum Gasteiger partial charge on any atom is 0.320 e. The average Bonchev–Trinajstić information content (AvgIpc) is 2.98. The molecule has 22 heavy (non-hydrogen) atoms. The Labute approximate surface area is 129 Å². The molecule has 0 radical (unpaired) electrons. The highest BCUT2D eigenvalue weighted by atomic mass is 16.5. The average molecular weight is 300 g/mol. The molecular weight excluding hydrogens is 280 g/mol. The number of nitrogens with zero attached hydrogens (tertiary/aromatic N) is 2. The van der Waals surface area contributed by atoms with Gasteiger partial charge in [-0.25, -0.2) is 4.79 Å². The zero-order chi connectivity index (χ0) is 15.6. The number of ether oxygens (including phenoxy) is 1. The molecule has 0 saturated heterocycles. The van der Waals surface area contributed by atoms with Crippen LogP contribution in [0.25, 0.3) is 6.08 Å². The zero-order valence-corrected chi connectivity index (χ0v) is 12.5. The van der Waals surface area contributed by atoms with Crippen LogP contribution in [0.5, 0.6) is 0 Å². The van der Waals surface area contributed by atoms with Gasteiger partial charge in [0.2, 0.25) is 0 Å². The topological polar surface area (TPSA) is 68.2 Å². The van der Waals surface area contributed by atoms with Gasteiger partial charge in [-0.2, -0.15) is 5.10 Å². The standard InChI is InChI=1S/C16H20N4O2/c1-22-13-12-20-11-9-15(19-20)18-16(21)17-10-5-8-14-6-3-2-4-7-14/h2-9,11H,10,12-13H2,1H3,(H2,17,18,19,21)/b8-5+. The van der Waals surface area contributed by atoms with Crippen LogP contribution in [-0.4, -0.2) is 36.1 Å². The summed E-state index contributed by atoms with van der Waals surface area (Å²) in [4.78, 5) is 11.7. The number of anilines is 1. The molecule has 0 aliphatic rings. The number of hydrogen-bond acceptors (Lipinski definition) is 3. The van der Waals surface area contributed by atoms with Crippen LogP contribution in [0.1, 0.15) is 5.56 Å². The second kappa shape index (κ2) is 8.63. The lowest BCUT2D eigenvalue weighted by Crippen LogP contribution is -2.28. The van der Waals surface area contributed by atoms with Gasteiger partial charge in [-0.3, -0.25) is 10.00 Å². The van der Waals surface area contributed by atoms with Gasteiger partial charge >= 0.3 is 6.03 Å². The first-order valence-corrected chi connectivity index (χ1v) is 7.07. The fourth-order valence-electron chi connectivity index (χ4n) is 1.81. The van der Waals surface area contributed by atoms with Crippen LogP contribution in [0, 0.1) is 0 Å². The van der Waals surface area contributed by atoms with Gasteiger partial charge < -0.3 is 10.1 Å². The molecule has 1 aromatic heterocycles. The number of urea groups is 1. The minimum Gasteiger partial charge on any atom is -0.383 e. The third-order valence-electron chi connectivity index (χ3n) is 2.90. The van der Waals surface area contributed by atoms with E-state index in [1.165, 1.54) is 0 Å². The molecular formula is C16H20N4O2. The van der Waals surface area contributed by atoms with Gasteiger partial charge in [-0.1, -0.05) is 42.5 Å². The highest BCUT2D eigenvalue weighted by Gasteiger charge is 2.03. The van der Waals surface area contributed by atoms with Crippen molar-refractivity contribution in [2.45, 2.75) is 6.54 Å². The Morgan fingerprint density at radius 2 is 2.14 bits per heavy atom. The summed E-state index contributed by atoms with van der Waals surface area (Å²) in [7, 11) is 1.64. The van der Waals surface area contributed by atoms with E-state index in [1.54, 1.807) is 24.1 Å². The van der Waals surface area contributed by atoms with Crippen molar-refractivity contribution in [3.05, 3.63) is 54.2 Å². The number of benzene rings is 1. The molecule has 2 amide bonds. The summed E-state index contributed by atoms with van der Waals surface area (Å²) in [6.45, 7) is 1.68. The Morgan fingerprint density at radius 3 is 2.91 bits per heavy atom. The number of carbonyl (C=O) groups is 1. The SMILES string of the molecule is COCCn1ccc(NC(=O)NC/C=C/c2ccccc2)n1. The van der Waals surface area contributed by atoms with E-state index in [0.717, 1.165) is 5.56 Å². The van der Waals surface area contributed by atoms with Gasteiger partial charge in [0.1, 0.15) is 0 Å². The number of amides is 2. The van der Waals surface area contributed by atoms with Gasteiger partial charge in [0.05, 0.1) is 13.2 Å². The summed E-state index contributed by atoms with van der Waals surface area (Å²) in [5, 5.41) is 9.63. The number of rotatable bonds is 7. The molecule has 0 fully saturated rings. The number of carbonyl (C=O) groups excluding carboxylic acids is 1. The van der Waals surface area contributed by atoms with Gasteiger partial charge in [-0.05, 0) is 5.56 Å². The number of nitrogens with one attached hydrogen (secondary N) is 2. The maximum atomic E-state index is 11.7. The highest BCUT2D eigenvalue weighted by molar-refractivity contribution is 5.88. The van der Waals surface area contributed by atoms with E-state index in [9.17, 15) is 4.79 Å². The quantitative estimate of drug-likeness (QED) is 0.825. The number of methoxy groups -OCH3 is 1. The lowest BCUT2D eigenvalue weighted by Gasteiger charge is -2.03. The lowest BCUT2D eigenvalue weighted by molar-refractivity contribution is 0.183. The smallest absolute Gasteiger partial charge is 0.320 e. The molecule has 1 aromatic carbocycles. The van der Waals surface area contributed by atoms with Gasteiger partial charge in [-0.15, -0.1) is 0 Å². The molecule has 0 bridgehead atoms. The Hall–Kier alpha value is -2.60. The van der Waals surface area contributed by atoms with Crippen molar-refractivity contribution in [1.29, 1.82) is 0 Å². The monoisotopic (exact) mass is 300 g/mol. The Kier molecular flexibility index (Phi) is 6.19. The van der Waals surface area contributed by atoms with Crippen LogP contribution in [0.4, 0.5) is 10.6 Å². The second-order valence-corrected chi connectivity index (χ2v) is 4.60. The van der Waals surface area contributed by atoms with E-state index in [0.29, 0.717) is 25.5 Å². The van der Waals surface area contributed by atoms with Crippen LogP contribution in [0.2, 0.25) is 0 Å². The molecule has 116 valence electrons. The summed E-state index contributed by atoms with van der Waals surface area (Å²) in [6.07, 6.45) is 5.65. The molecule has 2 N–H and O–H groups in total. The normalized spacial score (nSPS) is 10.8. The molecule has 2 rings (SSSR count). The first-order chi connectivity index (χ1) is 10.8. The molecule has 6 heteroatoms. The first-order valence-electron chi connectivity index (χ1n) is 7.07. The molecule has 1 heterocycles. The summed E-state index contributed by atoms with van der Waals surface area (Å²) < 4.78 is 6.69. The molecule has 0 aliphatic heterocycles. The third-order valence-corrected chi connectivity index (χ3v) is 2.90. The Balaban J connectivity index is 1.71. The van der Waals surface area contributed by atoms with E-state index in [2.05, 4.69) is 15.7 Å². The minimum absolute atomic E-state index is 0.283. The molecule has 0 spiro atoms. The van der Waals surface area contributed by atoms with Crippen LogP contribution in [-0.2, 0) is 11.3 Å². The zero-order valence-electron chi connectivity index (χ0n) is 12.5. The summed E-state index contributed by atoms with van der Waals surface area (Å²) in [5.41, 5.74) is 1.10. The molecule has 0 unspecified atom stereocenters. The van der Waals surface area contributed by atoms with Crippen molar-refractivity contribution in [3.63, 3.8) is 0 Å². The van der Waals surface area contributed by atoms with Crippen LogP contribution < -0.4 is 10.6 Å². The molecule has 6 nitrogen and oxygen atoms in total. The van der Waals surface area contributed by atoms with Gasteiger partial charge in [0.15, 0.2) is 5.82 Å². The van der Waals surface area contributed by atoms with E-state index in [4.69, 9.17) is 4.74 Å². The summed E-state index contributed by atoms with van der Waals surface area (Å²) in [5.74, 6) is 0.514. The molecule has 0 saturated carbocycles. The van der Waals surface area contributed by atoms with Gasteiger partial charge in [0, 0.05) is 25.9 Å². The Bertz CT molecular complexity index is 608. The number of hydrogen-bond donors (Lipinski definition) is 2. The molecule has 0 aliphatic carbocycles. The summed E-state index contributed by atoms with van der Waals surface area (Å²) >= 11 is 0. The van der Waals surface area contributed by atoms with E-state index < -0.39 is 0 Å². The lowest BCUT2D eigenvalue weighted by atomic mass is 10.2. The first kappa shape index (κ1) is 15.8. The molecule has 2 aromatic rings. The fraction of sp³-hybridized carbons (Fsp3) is 0.250. The van der Waals surface area contributed by atoms with E-state index >= 15 is 0 Å². The largest absolute Gasteiger partial charge is 0.383 e. The van der Waals surface area contributed by atoms with Crippen molar-refractivity contribution in [1.82, 2.24) is 15.1 Å². The van der Waals surface area contributed by atoms with Crippen LogP contribution >= 0.6 is 0 Å². The second-order valence-electron chi connectivity index (χ2n) is 4.60. The van der Waals surface area contributed by atoms with Crippen molar-refractivity contribution in [2.75, 3.05) is 25.6 Å². The van der Waals surface area contributed by atoms with E-state index in [1.807, 2.05) is 42.5 Å². The third kappa shape index (κ3) is 5.41. The Morgan fingerprint density at radius 1 is 1.32 bits per heavy atom. The van der Waals surface area contributed by atoms with Gasteiger partial charge in [0.25, 0.3) is 0 Å². The van der Waals surface area contributed by atoms with Crippen LogP contribution in [0.3, 0.4) is 0 Å². The van der Waals surface area contributed by atoms with Crippen molar-refractivity contribution >= 4 is 17.9 Å². The highest BCUT2D eigenvalue weighted by Crippen LogP contribution is 2.02. The predicted octanol–water partition coefficient (Wildman–Crippen LogP) is 2.36. The van der Waals surface area contributed by atoms with E-state index in [-0.39, 0.29) is 6.03 Å². The van der Waals surface area contributed by atoms with Crippen molar-refractivity contribution < 1.29 is 9.53 Å².